The quantitative estimate of drug-likeness (QED) is 0.764. The highest BCUT2D eigenvalue weighted by Gasteiger charge is 2.43. The number of rotatable bonds is 3. The summed E-state index contributed by atoms with van der Waals surface area (Å²) in [5.74, 6) is 1.81. The van der Waals surface area contributed by atoms with Crippen LogP contribution in [0.4, 0.5) is 5.82 Å². The number of anilines is 1. The second-order valence-corrected chi connectivity index (χ2v) is 9.70. The van der Waals surface area contributed by atoms with Crippen LogP contribution >= 0.6 is 0 Å². The van der Waals surface area contributed by atoms with Crippen LogP contribution in [0.3, 0.4) is 0 Å². The molecule has 1 aliphatic carbocycles. The minimum atomic E-state index is -0.00646. The summed E-state index contributed by atoms with van der Waals surface area (Å²) in [6.07, 6.45) is 10.8. The first-order valence-electron chi connectivity index (χ1n) is 12.1. The lowest BCUT2D eigenvalue weighted by molar-refractivity contribution is -0.152. The third-order valence-electron chi connectivity index (χ3n) is 7.96. The summed E-state index contributed by atoms with van der Waals surface area (Å²) in [6, 6.07) is 6.77. The predicted octanol–water partition coefficient (Wildman–Crippen LogP) is 2.93. The Labute approximate surface area is 180 Å². The molecular weight excluding hydrogens is 376 g/mol. The number of aromatic nitrogens is 1. The molecule has 1 aromatic heterocycles. The average molecular weight is 413 g/mol. The van der Waals surface area contributed by atoms with Gasteiger partial charge in [0.05, 0.1) is 5.60 Å². The zero-order chi connectivity index (χ0) is 20.4. The van der Waals surface area contributed by atoms with Crippen LogP contribution in [-0.4, -0.2) is 78.2 Å². The van der Waals surface area contributed by atoms with Crippen molar-refractivity contribution in [3.05, 3.63) is 24.4 Å². The molecule has 0 unspecified atom stereocenters. The largest absolute Gasteiger partial charge is 0.375 e. The van der Waals surface area contributed by atoms with E-state index in [1.54, 1.807) is 0 Å². The van der Waals surface area contributed by atoms with Crippen LogP contribution in [0.25, 0.3) is 0 Å². The molecule has 4 aliphatic rings. The van der Waals surface area contributed by atoms with Crippen LogP contribution in [0.5, 0.6) is 0 Å². The van der Waals surface area contributed by atoms with Gasteiger partial charge in [0.25, 0.3) is 0 Å². The smallest absolute Gasteiger partial charge is 0.225 e. The SMILES string of the molecule is O=C(C1CCCC1)N1CCC2(CC1)C[C@@H](N1CCN(c3ccccn3)CC1)CCO2. The average Bonchev–Trinajstić information content (AvgIpc) is 3.35. The minimum Gasteiger partial charge on any atom is -0.375 e. The van der Waals surface area contributed by atoms with E-state index in [-0.39, 0.29) is 5.60 Å². The Morgan fingerprint density at radius 3 is 2.47 bits per heavy atom. The Morgan fingerprint density at radius 1 is 1.00 bits per heavy atom. The molecule has 4 heterocycles. The van der Waals surface area contributed by atoms with Gasteiger partial charge in [0.2, 0.25) is 5.91 Å². The Hall–Kier alpha value is -1.66. The van der Waals surface area contributed by atoms with Crippen LogP contribution in [-0.2, 0) is 9.53 Å². The highest BCUT2D eigenvalue weighted by molar-refractivity contribution is 5.79. The Morgan fingerprint density at radius 2 is 1.77 bits per heavy atom. The van der Waals surface area contributed by atoms with Crippen molar-refractivity contribution in [1.82, 2.24) is 14.8 Å². The summed E-state index contributed by atoms with van der Waals surface area (Å²) < 4.78 is 6.39. The molecule has 6 heteroatoms. The maximum absolute atomic E-state index is 12.8. The lowest BCUT2D eigenvalue weighted by Gasteiger charge is -2.50. The van der Waals surface area contributed by atoms with Crippen molar-refractivity contribution in [2.24, 2.45) is 5.92 Å². The molecule has 5 rings (SSSR count). The van der Waals surface area contributed by atoms with Crippen molar-refractivity contribution in [2.75, 3.05) is 50.8 Å². The lowest BCUT2D eigenvalue weighted by Crippen LogP contribution is -2.57. The van der Waals surface area contributed by atoms with E-state index in [4.69, 9.17) is 4.74 Å². The molecule has 0 aromatic carbocycles. The Balaban J connectivity index is 1.14. The number of piperidine rings is 1. The van der Waals surface area contributed by atoms with E-state index >= 15 is 0 Å². The number of likely N-dealkylation sites (tertiary alicyclic amines) is 1. The molecule has 1 saturated carbocycles. The molecule has 1 amide bonds. The maximum atomic E-state index is 12.8. The molecule has 30 heavy (non-hydrogen) atoms. The van der Waals surface area contributed by atoms with Gasteiger partial charge in [-0.25, -0.2) is 4.98 Å². The van der Waals surface area contributed by atoms with Crippen molar-refractivity contribution < 1.29 is 9.53 Å². The van der Waals surface area contributed by atoms with Crippen LogP contribution < -0.4 is 4.90 Å². The van der Waals surface area contributed by atoms with Gasteiger partial charge in [0, 0.05) is 64.0 Å². The van der Waals surface area contributed by atoms with Gasteiger partial charge in [0.15, 0.2) is 0 Å². The van der Waals surface area contributed by atoms with Gasteiger partial charge >= 0.3 is 0 Å². The molecule has 3 saturated heterocycles. The predicted molar refractivity (Wildman–Crippen MR) is 118 cm³/mol. The van der Waals surface area contributed by atoms with E-state index in [0.29, 0.717) is 17.9 Å². The van der Waals surface area contributed by atoms with Crippen LogP contribution in [0, 0.1) is 5.92 Å². The van der Waals surface area contributed by atoms with Gasteiger partial charge in [-0.1, -0.05) is 18.9 Å². The fourth-order valence-corrected chi connectivity index (χ4v) is 6.08. The maximum Gasteiger partial charge on any atom is 0.225 e. The van der Waals surface area contributed by atoms with Crippen molar-refractivity contribution >= 4 is 11.7 Å². The number of amides is 1. The topological polar surface area (TPSA) is 48.9 Å². The molecule has 164 valence electrons. The van der Waals surface area contributed by atoms with Crippen molar-refractivity contribution in [3.63, 3.8) is 0 Å². The first-order chi connectivity index (χ1) is 14.7. The first kappa shape index (κ1) is 20.3. The molecule has 4 fully saturated rings. The highest BCUT2D eigenvalue weighted by atomic mass is 16.5. The van der Waals surface area contributed by atoms with Gasteiger partial charge in [0.1, 0.15) is 5.82 Å². The van der Waals surface area contributed by atoms with Gasteiger partial charge in [-0.3, -0.25) is 9.69 Å². The number of carbonyl (C=O) groups excluding carboxylic acids is 1. The molecule has 1 aromatic rings. The summed E-state index contributed by atoms with van der Waals surface area (Å²) in [5, 5.41) is 0. The number of nitrogens with zero attached hydrogens (tertiary/aromatic N) is 4. The first-order valence-corrected chi connectivity index (χ1v) is 12.1. The summed E-state index contributed by atoms with van der Waals surface area (Å²) in [7, 11) is 0. The summed E-state index contributed by atoms with van der Waals surface area (Å²) in [4.78, 5) is 24.5. The number of hydrogen-bond acceptors (Lipinski definition) is 5. The molecule has 3 aliphatic heterocycles. The number of carbonyl (C=O) groups is 1. The highest BCUT2D eigenvalue weighted by Crippen LogP contribution is 2.38. The van der Waals surface area contributed by atoms with Crippen LogP contribution in [0.1, 0.15) is 51.4 Å². The molecule has 1 atom stereocenters. The van der Waals surface area contributed by atoms with E-state index in [9.17, 15) is 4.79 Å². The van der Waals surface area contributed by atoms with Crippen LogP contribution in [0.2, 0.25) is 0 Å². The van der Waals surface area contributed by atoms with Gasteiger partial charge < -0.3 is 14.5 Å². The fourth-order valence-electron chi connectivity index (χ4n) is 6.08. The molecular formula is C24H36N4O2. The Bertz CT molecular complexity index is 705. The van der Waals surface area contributed by atoms with Gasteiger partial charge in [-0.2, -0.15) is 0 Å². The zero-order valence-corrected chi connectivity index (χ0v) is 18.2. The van der Waals surface area contributed by atoms with Crippen LogP contribution in [0.15, 0.2) is 24.4 Å². The monoisotopic (exact) mass is 412 g/mol. The van der Waals surface area contributed by atoms with Crippen molar-refractivity contribution in [1.29, 1.82) is 0 Å². The molecule has 6 nitrogen and oxygen atoms in total. The second-order valence-electron chi connectivity index (χ2n) is 9.70. The van der Waals surface area contributed by atoms with E-state index in [1.165, 1.54) is 12.8 Å². The van der Waals surface area contributed by atoms with E-state index in [2.05, 4.69) is 31.8 Å². The number of piperazine rings is 1. The molecule has 0 N–H and O–H groups in total. The van der Waals surface area contributed by atoms with Crippen molar-refractivity contribution in [2.45, 2.75) is 63.0 Å². The standard InChI is InChI=1S/C24H36N4O2/c29-23(20-5-1-2-6-20)28-12-9-24(10-13-28)19-21(8-18-30-24)26-14-16-27(17-15-26)22-7-3-4-11-25-22/h3-4,7,11,20-21H,1-2,5-6,8-10,12-19H2/t21-/m0/s1. The van der Waals surface area contributed by atoms with E-state index in [1.807, 2.05) is 12.3 Å². The second kappa shape index (κ2) is 8.83. The number of hydrogen-bond donors (Lipinski definition) is 0. The van der Waals surface area contributed by atoms with Gasteiger partial charge in [-0.05, 0) is 50.7 Å². The summed E-state index contributed by atoms with van der Waals surface area (Å²) >= 11 is 0. The van der Waals surface area contributed by atoms with E-state index < -0.39 is 0 Å². The summed E-state index contributed by atoms with van der Waals surface area (Å²) in [5.41, 5.74) is -0.00646. The summed E-state index contributed by atoms with van der Waals surface area (Å²) in [6.45, 7) is 6.93. The zero-order valence-electron chi connectivity index (χ0n) is 18.2. The third kappa shape index (κ3) is 4.22. The van der Waals surface area contributed by atoms with Gasteiger partial charge in [-0.15, -0.1) is 0 Å². The number of pyridine rings is 1. The fraction of sp³-hybridized carbons (Fsp3) is 0.750. The molecule has 1 spiro atoms. The van der Waals surface area contributed by atoms with E-state index in [0.717, 1.165) is 90.2 Å². The lowest BCUT2D eigenvalue weighted by atomic mass is 9.81. The third-order valence-corrected chi connectivity index (χ3v) is 7.96. The minimum absolute atomic E-state index is 0.00646. The normalized spacial score (nSPS) is 28.2. The Kier molecular flexibility index (Phi) is 5.96. The molecule has 0 radical (unpaired) electrons. The molecule has 0 bridgehead atoms. The van der Waals surface area contributed by atoms with Crippen molar-refractivity contribution in [3.8, 4) is 0 Å². The number of ether oxygens (including phenoxy) is 1.